The van der Waals surface area contributed by atoms with Gasteiger partial charge in [0, 0.05) is 12.0 Å². The van der Waals surface area contributed by atoms with Gasteiger partial charge in [-0.3, -0.25) is 10.1 Å². The van der Waals surface area contributed by atoms with E-state index in [1.165, 1.54) is 26.4 Å². The summed E-state index contributed by atoms with van der Waals surface area (Å²) in [4.78, 5) is 11.0. The SMILES string of the molecule is COc1cc(CC(O)c2ccc(-c3ccc(C#N)cc3)cc2)c([N+](=O)[O-])cc1OC. The van der Waals surface area contributed by atoms with E-state index < -0.39 is 11.0 Å². The number of aliphatic hydroxyl groups excluding tert-OH is 1. The van der Waals surface area contributed by atoms with Crippen LogP contribution in [0, 0.1) is 21.4 Å². The van der Waals surface area contributed by atoms with Crippen LogP contribution in [0.5, 0.6) is 11.5 Å². The third-order valence-corrected chi connectivity index (χ3v) is 4.84. The molecule has 1 atom stereocenters. The summed E-state index contributed by atoms with van der Waals surface area (Å²) in [6, 6.07) is 19.4. The van der Waals surface area contributed by atoms with E-state index >= 15 is 0 Å². The van der Waals surface area contributed by atoms with E-state index in [0.29, 0.717) is 22.4 Å². The molecule has 30 heavy (non-hydrogen) atoms. The van der Waals surface area contributed by atoms with E-state index in [0.717, 1.165) is 11.1 Å². The fraction of sp³-hybridized carbons (Fsp3) is 0.174. The molecule has 0 aliphatic rings. The Bertz CT molecular complexity index is 1090. The first-order chi connectivity index (χ1) is 14.5. The van der Waals surface area contributed by atoms with Crippen LogP contribution in [-0.4, -0.2) is 24.2 Å². The molecule has 3 aromatic rings. The molecule has 0 fully saturated rings. The van der Waals surface area contributed by atoms with Crippen molar-refractivity contribution < 1.29 is 19.5 Å². The molecule has 7 nitrogen and oxygen atoms in total. The average Bonchev–Trinajstić information content (AvgIpc) is 2.78. The molecule has 0 amide bonds. The predicted octanol–water partition coefficient (Wildman–Crippen LogP) is 4.43. The lowest BCUT2D eigenvalue weighted by atomic mass is 9.97. The minimum atomic E-state index is -0.934. The quantitative estimate of drug-likeness (QED) is 0.461. The summed E-state index contributed by atoms with van der Waals surface area (Å²) in [5.41, 5.74) is 3.32. The van der Waals surface area contributed by atoms with Crippen molar-refractivity contribution in [1.82, 2.24) is 0 Å². The number of nitriles is 1. The maximum absolute atomic E-state index is 11.5. The molecule has 0 saturated carbocycles. The van der Waals surface area contributed by atoms with E-state index in [1.807, 2.05) is 24.3 Å². The Morgan fingerprint density at radius 3 is 2.03 bits per heavy atom. The molecule has 0 spiro atoms. The van der Waals surface area contributed by atoms with E-state index in [9.17, 15) is 15.2 Å². The molecule has 7 heteroatoms. The Hall–Kier alpha value is -3.89. The third-order valence-electron chi connectivity index (χ3n) is 4.84. The number of hydrogen-bond donors (Lipinski definition) is 1. The minimum absolute atomic E-state index is 0.0485. The van der Waals surface area contributed by atoms with Crippen LogP contribution in [0.4, 0.5) is 5.69 Å². The van der Waals surface area contributed by atoms with Crippen LogP contribution < -0.4 is 9.47 Å². The second-order valence-corrected chi connectivity index (χ2v) is 6.62. The standard InChI is InChI=1S/C23H20N2O5/c1-29-22-12-19(20(25(27)28)13-23(22)30-2)11-21(26)18-9-7-17(8-10-18)16-5-3-15(14-24)4-6-16/h3-10,12-13,21,26H,11H2,1-2H3. The highest BCUT2D eigenvalue weighted by atomic mass is 16.6. The van der Waals surface area contributed by atoms with Gasteiger partial charge in [-0.05, 0) is 34.9 Å². The van der Waals surface area contributed by atoms with Crippen LogP contribution in [0.25, 0.3) is 11.1 Å². The van der Waals surface area contributed by atoms with Crippen molar-refractivity contribution in [3.63, 3.8) is 0 Å². The van der Waals surface area contributed by atoms with Crippen molar-refractivity contribution in [1.29, 1.82) is 5.26 Å². The summed E-state index contributed by atoms with van der Waals surface area (Å²) in [6.45, 7) is 0. The van der Waals surface area contributed by atoms with Crippen LogP contribution in [0.2, 0.25) is 0 Å². The van der Waals surface area contributed by atoms with Gasteiger partial charge in [0.05, 0.1) is 42.9 Å². The van der Waals surface area contributed by atoms with E-state index in [2.05, 4.69) is 6.07 Å². The number of nitrogens with zero attached hydrogens (tertiary/aromatic N) is 2. The van der Waals surface area contributed by atoms with Crippen LogP contribution in [0.15, 0.2) is 60.7 Å². The molecule has 0 bridgehead atoms. The van der Waals surface area contributed by atoms with Crippen molar-refractivity contribution in [2.45, 2.75) is 12.5 Å². The van der Waals surface area contributed by atoms with E-state index in [1.54, 1.807) is 24.3 Å². The van der Waals surface area contributed by atoms with Crippen molar-refractivity contribution in [2.75, 3.05) is 14.2 Å². The third kappa shape index (κ3) is 4.40. The van der Waals surface area contributed by atoms with Crippen LogP contribution in [-0.2, 0) is 6.42 Å². The molecule has 3 rings (SSSR count). The van der Waals surface area contributed by atoms with Crippen molar-refractivity contribution in [3.8, 4) is 28.7 Å². The molecule has 152 valence electrons. The van der Waals surface area contributed by atoms with Crippen molar-refractivity contribution in [3.05, 3.63) is 87.5 Å². The fourth-order valence-electron chi connectivity index (χ4n) is 3.20. The molecule has 1 N–H and O–H groups in total. The summed E-state index contributed by atoms with van der Waals surface area (Å²) in [5, 5.41) is 31.0. The summed E-state index contributed by atoms with van der Waals surface area (Å²) in [5.74, 6) is 0.621. The Balaban J connectivity index is 1.84. The normalized spacial score (nSPS) is 11.4. The Kier molecular flexibility index (Phi) is 6.30. The van der Waals surface area contributed by atoms with Crippen LogP contribution in [0.1, 0.15) is 22.8 Å². The van der Waals surface area contributed by atoms with Gasteiger partial charge in [-0.15, -0.1) is 0 Å². The van der Waals surface area contributed by atoms with Gasteiger partial charge in [0.25, 0.3) is 5.69 Å². The number of rotatable bonds is 7. The molecular formula is C23H20N2O5. The first kappa shape index (κ1) is 20.8. The van der Waals surface area contributed by atoms with Crippen LogP contribution >= 0.6 is 0 Å². The summed E-state index contributed by atoms with van der Waals surface area (Å²) in [7, 11) is 2.86. The van der Waals surface area contributed by atoms with Crippen molar-refractivity contribution in [2.24, 2.45) is 0 Å². The lowest BCUT2D eigenvalue weighted by molar-refractivity contribution is -0.385. The molecule has 0 saturated heterocycles. The molecule has 3 aromatic carbocycles. The Morgan fingerprint density at radius 2 is 1.53 bits per heavy atom. The van der Waals surface area contributed by atoms with Gasteiger partial charge < -0.3 is 14.6 Å². The second-order valence-electron chi connectivity index (χ2n) is 6.62. The Labute approximate surface area is 173 Å². The first-order valence-corrected chi connectivity index (χ1v) is 9.14. The van der Waals surface area contributed by atoms with Gasteiger partial charge in [-0.2, -0.15) is 5.26 Å². The van der Waals surface area contributed by atoms with Crippen molar-refractivity contribution >= 4 is 5.69 Å². The highest BCUT2D eigenvalue weighted by molar-refractivity contribution is 5.64. The minimum Gasteiger partial charge on any atom is -0.493 e. The van der Waals surface area contributed by atoms with Gasteiger partial charge in [0.1, 0.15) is 0 Å². The zero-order chi connectivity index (χ0) is 21.7. The number of aliphatic hydroxyl groups is 1. The van der Waals surface area contributed by atoms with E-state index in [4.69, 9.17) is 14.7 Å². The summed E-state index contributed by atoms with van der Waals surface area (Å²) < 4.78 is 10.4. The van der Waals surface area contributed by atoms with Gasteiger partial charge in [-0.25, -0.2) is 0 Å². The number of nitro groups is 1. The zero-order valence-electron chi connectivity index (χ0n) is 16.5. The molecule has 0 heterocycles. The highest BCUT2D eigenvalue weighted by Crippen LogP contribution is 2.36. The highest BCUT2D eigenvalue weighted by Gasteiger charge is 2.22. The number of methoxy groups -OCH3 is 2. The van der Waals surface area contributed by atoms with E-state index in [-0.39, 0.29) is 17.9 Å². The molecular weight excluding hydrogens is 384 g/mol. The van der Waals surface area contributed by atoms with Gasteiger partial charge in [0.15, 0.2) is 11.5 Å². The maximum Gasteiger partial charge on any atom is 0.276 e. The van der Waals surface area contributed by atoms with Gasteiger partial charge >= 0.3 is 0 Å². The summed E-state index contributed by atoms with van der Waals surface area (Å²) >= 11 is 0. The number of hydrogen-bond acceptors (Lipinski definition) is 6. The smallest absolute Gasteiger partial charge is 0.276 e. The monoisotopic (exact) mass is 404 g/mol. The molecule has 0 radical (unpaired) electrons. The molecule has 1 unspecified atom stereocenters. The molecule has 0 aliphatic heterocycles. The maximum atomic E-state index is 11.5. The lowest BCUT2D eigenvalue weighted by Crippen LogP contribution is -2.05. The Morgan fingerprint density at radius 1 is 1.00 bits per heavy atom. The fourth-order valence-corrected chi connectivity index (χ4v) is 3.20. The second kappa shape index (κ2) is 9.07. The predicted molar refractivity (Wildman–Crippen MR) is 111 cm³/mol. The number of benzene rings is 3. The number of ether oxygens (including phenoxy) is 2. The lowest BCUT2D eigenvalue weighted by Gasteiger charge is -2.14. The van der Waals surface area contributed by atoms with Crippen LogP contribution in [0.3, 0.4) is 0 Å². The zero-order valence-corrected chi connectivity index (χ0v) is 16.5. The topological polar surface area (TPSA) is 106 Å². The summed E-state index contributed by atoms with van der Waals surface area (Å²) in [6.07, 6.45) is -0.885. The number of nitro benzene ring substituents is 1. The molecule has 0 aromatic heterocycles. The largest absolute Gasteiger partial charge is 0.493 e. The average molecular weight is 404 g/mol. The molecule has 0 aliphatic carbocycles. The first-order valence-electron chi connectivity index (χ1n) is 9.14. The van der Waals surface area contributed by atoms with Gasteiger partial charge in [-0.1, -0.05) is 36.4 Å². The van der Waals surface area contributed by atoms with Gasteiger partial charge in [0.2, 0.25) is 0 Å².